The van der Waals surface area contributed by atoms with Crippen LogP contribution in [-0.2, 0) is 10.0 Å². The Morgan fingerprint density at radius 3 is 2.13 bits per heavy atom. The van der Waals surface area contributed by atoms with Crippen molar-refractivity contribution in [2.75, 3.05) is 17.9 Å². The molecule has 5 nitrogen and oxygen atoms in total. The number of carbonyl (C=O) groups excluding carboxylic acids is 1. The lowest BCUT2D eigenvalue weighted by atomic mass is 10.0. The Balaban J connectivity index is 1.66. The molecule has 3 aromatic carbocycles. The summed E-state index contributed by atoms with van der Waals surface area (Å²) < 4.78 is 26.9. The van der Waals surface area contributed by atoms with Gasteiger partial charge in [-0.2, -0.15) is 0 Å². The molecule has 0 heterocycles. The molecule has 1 atom stereocenters. The molecule has 1 N–H and O–H groups in total. The van der Waals surface area contributed by atoms with E-state index in [2.05, 4.69) is 12.2 Å². The van der Waals surface area contributed by atoms with E-state index < -0.39 is 10.0 Å². The van der Waals surface area contributed by atoms with Crippen LogP contribution >= 0.6 is 0 Å². The van der Waals surface area contributed by atoms with Crippen LogP contribution in [0, 0.1) is 6.92 Å². The number of amides is 1. The summed E-state index contributed by atoms with van der Waals surface area (Å²) in [6, 6.07) is 23.3. The van der Waals surface area contributed by atoms with Crippen LogP contribution in [0.4, 0.5) is 5.69 Å². The van der Waals surface area contributed by atoms with Crippen LogP contribution in [0.5, 0.6) is 0 Å². The standard InChI is InChI=1S/C24H26N2O3S/c1-18-9-15-23(16-10-18)30(28,29)26(3)22-13-11-21(12-14-22)24(27)25-17-19(2)20-7-5-4-6-8-20/h4-16,19H,17H2,1-3H3,(H,25,27)/t19-/m0/s1. The molecule has 30 heavy (non-hydrogen) atoms. The van der Waals surface area contributed by atoms with Gasteiger partial charge in [-0.1, -0.05) is 55.0 Å². The Morgan fingerprint density at radius 2 is 1.53 bits per heavy atom. The fourth-order valence-corrected chi connectivity index (χ4v) is 4.27. The summed E-state index contributed by atoms with van der Waals surface area (Å²) in [6.07, 6.45) is 0. The Kier molecular flexibility index (Phi) is 6.57. The molecule has 0 fully saturated rings. The number of sulfonamides is 1. The molecule has 3 aromatic rings. The van der Waals surface area contributed by atoms with Gasteiger partial charge in [0, 0.05) is 19.2 Å². The van der Waals surface area contributed by atoms with Crippen LogP contribution in [0.15, 0.2) is 83.8 Å². The topological polar surface area (TPSA) is 66.5 Å². The fourth-order valence-electron chi connectivity index (χ4n) is 3.08. The highest BCUT2D eigenvalue weighted by Crippen LogP contribution is 2.23. The molecule has 0 unspecified atom stereocenters. The molecule has 156 valence electrons. The van der Waals surface area contributed by atoms with Crippen LogP contribution in [-0.4, -0.2) is 27.9 Å². The lowest BCUT2D eigenvalue weighted by Crippen LogP contribution is -2.28. The van der Waals surface area contributed by atoms with E-state index in [1.165, 1.54) is 11.4 Å². The number of hydrogen-bond donors (Lipinski definition) is 1. The molecule has 0 aliphatic heterocycles. The zero-order valence-corrected chi connectivity index (χ0v) is 18.2. The molecule has 0 aliphatic rings. The molecule has 1 amide bonds. The van der Waals surface area contributed by atoms with E-state index in [0.29, 0.717) is 17.8 Å². The van der Waals surface area contributed by atoms with E-state index in [4.69, 9.17) is 0 Å². The summed E-state index contributed by atoms with van der Waals surface area (Å²) in [6.45, 7) is 4.49. The summed E-state index contributed by atoms with van der Waals surface area (Å²) in [4.78, 5) is 12.7. The number of anilines is 1. The maximum atomic E-state index is 12.8. The number of carbonyl (C=O) groups is 1. The Bertz CT molecular complexity index is 1090. The molecule has 0 aromatic heterocycles. The Labute approximate surface area is 178 Å². The molecule has 0 bridgehead atoms. The van der Waals surface area contributed by atoms with Crippen molar-refractivity contribution in [3.63, 3.8) is 0 Å². The van der Waals surface area contributed by atoms with Gasteiger partial charge in [0.1, 0.15) is 0 Å². The predicted octanol–water partition coefficient (Wildman–Crippen LogP) is 4.35. The second-order valence-electron chi connectivity index (χ2n) is 7.35. The summed E-state index contributed by atoms with van der Waals surface area (Å²) in [7, 11) is -2.16. The van der Waals surface area contributed by atoms with Crippen molar-refractivity contribution in [3.05, 3.63) is 95.6 Å². The van der Waals surface area contributed by atoms with Gasteiger partial charge in [-0.05, 0) is 54.8 Å². The molecule has 0 saturated heterocycles. The van der Waals surface area contributed by atoms with Crippen molar-refractivity contribution >= 4 is 21.6 Å². The molecule has 6 heteroatoms. The summed E-state index contributed by atoms with van der Waals surface area (Å²) in [5.41, 5.74) is 3.13. The van der Waals surface area contributed by atoms with Gasteiger partial charge in [-0.25, -0.2) is 8.42 Å². The third kappa shape index (κ3) is 4.89. The van der Waals surface area contributed by atoms with Crippen molar-refractivity contribution in [1.29, 1.82) is 0 Å². The molecule has 0 aliphatic carbocycles. The van der Waals surface area contributed by atoms with Crippen LogP contribution in [0.3, 0.4) is 0 Å². The van der Waals surface area contributed by atoms with Crippen LogP contribution < -0.4 is 9.62 Å². The predicted molar refractivity (Wildman–Crippen MR) is 120 cm³/mol. The van der Waals surface area contributed by atoms with Gasteiger partial charge in [-0.3, -0.25) is 9.10 Å². The highest BCUT2D eigenvalue weighted by molar-refractivity contribution is 7.92. The zero-order chi connectivity index (χ0) is 21.7. The number of nitrogens with zero attached hydrogens (tertiary/aromatic N) is 1. The molecule has 0 spiro atoms. The Hall–Kier alpha value is -3.12. The smallest absolute Gasteiger partial charge is 0.264 e. The highest BCUT2D eigenvalue weighted by Gasteiger charge is 2.21. The van der Waals surface area contributed by atoms with E-state index in [-0.39, 0.29) is 16.7 Å². The van der Waals surface area contributed by atoms with Gasteiger partial charge in [0.25, 0.3) is 15.9 Å². The van der Waals surface area contributed by atoms with Crippen molar-refractivity contribution in [1.82, 2.24) is 5.32 Å². The monoisotopic (exact) mass is 422 g/mol. The number of aryl methyl sites for hydroxylation is 1. The second kappa shape index (κ2) is 9.13. The second-order valence-corrected chi connectivity index (χ2v) is 9.32. The normalized spacial score (nSPS) is 12.2. The van der Waals surface area contributed by atoms with Crippen molar-refractivity contribution < 1.29 is 13.2 Å². The van der Waals surface area contributed by atoms with E-state index >= 15 is 0 Å². The van der Waals surface area contributed by atoms with Gasteiger partial charge in [0.2, 0.25) is 0 Å². The van der Waals surface area contributed by atoms with Gasteiger partial charge in [0.15, 0.2) is 0 Å². The molecule has 3 rings (SSSR count). The van der Waals surface area contributed by atoms with E-state index in [1.807, 2.05) is 37.3 Å². The Morgan fingerprint density at radius 1 is 0.933 bits per heavy atom. The SMILES string of the molecule is Cc1ccc(S(=O)(=O)N(C)c2ccc(C(=O)NC[C@H](C)c3ccccc3)cc2)cc1. The summed E-state index contributed by atoms with van der Waals surface area (Å²) >= 11 is 0. The molecule has 0 saturated carbocycles. The molecular formula is C24H26N2O3S. The number of nitrogens with one attached hydrogen (secondary N) is 1. The minimum atomic E-state index is -3.66. The fraction of sp³-hybridized carbons (Fsp3) is 0.208. The lowest BCUT2D eigenvalue weighted by Gasteiger charge is -2.20. The highest BCUT2D eigenvalue weighted by atomic mass is 32.2. The zero-order valence-electron chi connectivity index (χ0n) is 17.4. The van der Waals surface area contributed by atoms with E-state index in [1.54, 1.807) is 48.5 Å². The van der Waals surface area contributed by atoms with Crippen molar-refractivity contribution in [2.24, 2.45) is 0 Å². The number of benzene rings is 3. The van der Waals surface area contributed by atoms with Gasteiger partial charge in [-0.15, -0.1) is 0 Å². The first-order valence-electron chi connectivity index (χ1n) is 9.78. The first kappa shape index (κ1) is 21.6. The molecule has 0 radical (unpaired) electrons. The van der Waals surface area contributed by atoms with E-state index in [0.717, 1.165) is 11.1 Å². The quantitative estimate of drug-likeness (QED) is 0.615. The lowest BCUT2D eigenvalue weighted by molar-refractivity contribution is 0.0951. The van der Waals surface area contributed by atoms with Gasteiger partial charge >= 0.3 is 0 Å². The third-order valence-corrected chi connectivity index (χ3v) is 6.91. The van der Waals surface area contributed by atoms with Crippen molar-refractivity contribution in [2.45, 2.75) is 24.7 Å². The number of hydrogen-bond acceptors (Lipinski definition) is 3. The van der Waals surface area contributed by atoms with E-state index in [9.17, 15) is 13.2 Å². The van der Waals surface area contributed by atoms with Gasteiger partial charge in [0.05, 0.1) is 10.6 Å². The largest absolute Gasteiger partial charge is 0.351 e. The average Bonchev–Trinajstić information content (AvgIpc) is 2.77. The first-order valence-corrected chi connectivity index (χ1v) is 11.2. The first-order chi connectivity index (χ1) is 14.3. The minimum absolute atomic E-state index is 0.187. The maximum absolute atomic E-state index is 12.8. The minimum Gasteiger partial charge on any atom is -0.351 e. The van der Waals surface area contributed by atoms with Gasteiger partial charge < -0.3 is 5.32 Å². The van der Waals surface area contributed by atoms with Crippen LogP contribution in [0.1, 0.15) is 34.3 Å². The summed E-state index contributed by atoms with van der Waals surface area (Å²) in [5, 5.41) is 2.94. The summed E-state index contributed by atoms with van der Waals surface area (Å²) in [5.74, 6) is 0.00795. The van der Waals surface area contributed by atoms with Crippen molar-refractivity contribution in [3.8, 4) is 0 Å². The average molecular weight is 423 g/mol. The molecular weight excluding hydrogens is 396 g/mol. The van der Waals surface area contributed by atoms with Crippen LogP contribution in [0.2, 0.25) is 0 Å². The number of rotatable bonds is 7. The third-order valence-electron chi connectivity index (χ3n) is 5.11. The maximum Gasteiger partial charge on any atom is 0.264 e. The van der Waals surface area contributed by atoms with Crippen LogP contribution in [0.25, 0.3) is 0 Å².